The fraction of sp³-hybridized carbons (Fsp3) is 0.619. The maximum absolute atomic E-state index is 14.6. The number of nitrogens with two attached hydrogens (primary N) is 5. The Morgan fingerprint density at radius 2 is 0.859 bits per heavy atom. The molecule has 6 rings (SSSR count). The second kappa shape index (κ2) is 53.1. The zero-order valence-corrected chi connectivity index (χ0v) is 73.2. The summed E-state index contributed by atoms with van der Waals surface area (Å²) in [5.41, 5.74) is 28.9. The van der Waals surface area contributed by atoms with E-state index in [0.29, 0.717) is 94.8 Å². The van der Waals surface area contributed by atoms with Crippen molar-refractivity contribution >= 4 is 118 Å². The van der Waals surface area contributed by atoms with Crippen LogP contribution in [0, 0.1) is 40.4 Å². The SMILES string of the molecule is CC(=O)N[C@H]1CNC[C@@H]1C(=O)N[C@@H](C)C(=O)N[C@H]1CCC[C@@H]1C(=O)N[C@@H](CCCNC(=N)N)C(=O)N[C@H]1CCC[C@@H]1C(=O)N[C@@H](CC(C)C)C(=O)N[C@H]1CCC[C@@H]1C(=O)N[C@@H](CCCCN)C(=O)N[C@H](CC(=O)NCC(=O)N[C@@H](CC(=O)O)C(=O)N[C@@H](C)C(=O)N[C@@H](Cc1ccccc1)C(=O)N[C@@H](CC(N)=O)C(=O)N[C@@H](CCCNC(=N)N)C(N)=O)Cc1ccccc1. The van der Waals surface area contributed by atoms with Gasteiger partial charge in [0.15, 0.2) is 11.9 Å². The topological polar surface area (TPSA) is 722 Å². The van der Waals surface area contributed by atoms with Crippen molar-refractivity contribution in [2.45, 2.75) is 260 Å². The van der Waals surface area contributed by atoms with E-state index < -0.39 is 235 Å². The van der Waals surface area contributed by atoms with Crippen molar-refractivity contribution in [2.75, 3.05) is 39.3 Å². The van der Waals surface area contributed by atoms with Crippen LogP contribution in [-0.2, 0) is 99.1 Å². The van der Waals surface area contributed by atoms with Crippen molar-refractivity contribution < 1.29 is 91.4 Å². The van der Waals surface area contributed by atoms with Gasteiger partial charge in [0.2, 0.25) is 100 Å². The molecule has 1 aliphatic heterocycles. The maximum Gasteiger partial charge on any atom is 0.305 e. The molecular weight excluding hydrogens is 1660 g/mol. The maximum atomic E-state index is 14.6. The van der Waals surface area contributed by atoms with E-state index in [1.807, 2.05) is 13.8 Å². The smallest absolute Gasteiger partial charge is 0.305 e. The number of amides is 17. The lowest BCUT2D eigenvalue weighted by Crippen LogP contribution is -2.59. The van der Waals surface area contributed by atoms with Gasteiger partial charge in [0.25, 0.3) is 0 Å². The Kier molecular flexibility index (Phi) is 43.2. The molecule has 2 aromatic rings. The van der Waals surface area contributed by atoms with Gasteiger partial charge < -0.3 is 129 Å². The zero-order valence-electron chi connectivity index (χ0n) is 73.2. The van der Waals surface area contributed by atoms with E-state index in [-0.39, 0.29) is 94.7 Å². The van der Waals surface area contributed by atoms with Crippen LogP contribution in [0.3, 0.4) is 0 Å². The molecule has 4 fully saturated rings. The number of hydrogen-bond acceptors (Lipinski definition) is 22. The summed E-state index contributed by atoms with van der Waals surface area (Å²) in [6, 6.07) is 0.861. The van der Waals surface area contributed by atoms with E-state index in [1.54, 1.807) is 60.7 Å². The van der Waals surface area contributed by atoms with Crippen molar-refractivity contribution in [3.8, 4) is 0 Å². The molecule has 706 valence electrons. The molecule has 0 spiro atoms. The molecular formula is C84H131N25O19. The van der Waals surface area contributed by atoms with Gasteiger partial charge in [-0.05, 0) is 134 Å². The molecule has 128 heavy (non-hydrogen) atoms. The number of aliphatic carboxylic acids is 1. The van der Waals surface area contributed by atoms with Crippen LogP contribution in [0.25, 0.3) is 0 Å². The second-order valence-electron chi connectivity index (χ2n) is 33.6. The van der Waals surface area contributed by atoms with Gasteiger partial charge in [-0.15, -0.1) is 0 Å². The van der Waals surface area contributed by atoms with Crippen molar-refractivity contribution in [2.24, 2.45) is 58.3 Å². The van der Waals surface area contributed by atoms with Gasteiger partial charge >= 0.3 is 5.97 Å². The molecule has 0 bridgehead atoms. The van der Waals surface area contributed by atoms with Crippen LogP contribution in [0.5, 0.6) is 0 Å². The second-order valence-corrected chi connectivity index (χ2v) is 33.6. The average molecular weight is 1800 g/mol. The van der Waals surface area contributed by atoms with E-state index in [2.05, 4.69) is 95.7 Å². The summed E-state index contributed by atoms with van der Waals surface area (Å²) in [7, 11) is 0. The molecule has 3 aliphatic carbocycles. The Bertz CT molecular complexity index is 4200. The fourth-order valence-corrected chi connectivity index (χ4v) is 16.0. The first kappa shape index (κ1) is 104. The van der Waals surface area contributed by atoms with Crippen LogP contribution in [0.15, 0.2) is 60.7 Å². The number of carbonyl (C=O) groups is 18. The van der Waals surface area contributed by atoms with E-state index in [1.165, 1.54) is 20.8 Å². The number of primary amides is 2. The summed E-state index contributed by atoms with van der Waals surface area (Å²) in [6.45, 7) is 8.18. The van der Waals surface area contributed by atoms with Crippen LogP contribution in [0.2, 0.25) is 0 Å². The summed E-state index contributed by atoms with van der Waals surface area (Å²) in [6.07, 6.45) is 2.94. The number of guanidine groups is 2. The molecule has 31 N–H and O–H groups in total. The minimum absolute atomic E-state index is 0.0461. The summed E-state index contributed by atoms with van der Waals surface area (Å²) in [5, 5.41) is 73.4. The van der Waals surface area contributed by atoms with E-state index >= 15 is 0 Å². The van der Waals surface area contributed by atoms with Gasteiger partial charge in [-0.1, -0.05) is 93.8 Å². The van der Waals surface area contributed by atoms with Crippen molar-refractivity contribution in [1.82, 2.24) is 95.7 Å². The van der Waals surface area contributed by atoms with Crippen molar-refractivity contribution in [3.05, 3.63) is 71.8 Å². The first-order valence-corrected chi connectivity index (χ1v) is 43.7. The first-order valence-electron chi connectivity index (χ1n) is 43.7. The molecule has 44 nitrogen and oxygen atoms in total. The predicted molar refractivity (Wildman–Crippen MR) is 466 cm³/mol. The number of benzene rings is 2. The van der Waals surface area contributed by atoms with Crippen LogP contribution in [-0.4, -0.2) is 247 Å². The molecule has 0 unspecified atom stereocenters. The lowest BCUT2D eigenvalue weighted by atomic mass is 9.97. The Labute approximate surface area is 742 Å². The quantitative estimate of drug-likeness (QED) is 0.0167. The minimum Gasteiger partial charge on any atom is -0.481 e. The third-order valence-corrected chi connectivity index (χ3v) is 22.7. The predicted octanol–water partition coefficient (Wildman–Crippen LogP) is -6.02. The number of carboxylic acid groups (broad SMARTS) is 1. The fourth-order valence-electron chi connectivity index (χ4n) is 16.0. The monoisotopic (exact) mass is 1790 g/mol. The van der Waals surface area contributed by atoms with Crippen LogP contribution in [0.1, 0.15) is 174 Å². The van der Waals surface area contributed by atoms with Gasteiger partial charge in [0, 0.05) is 70.1 Å². The Morgan fingerprint density at radius 3 is 1.37 bits per heavy atom. The van der Waals surface area contributed by atoms with Crippen LogP contribution >= 0.6 is 0 Å². The molecule has 44 heteroatoms. The van der Waals surface area contributed by atoms with Gasteiger partial charge in [0.05, 0.1) is 49.1 Å². The van der Waals surface area contributed by atoms with E-state index in [9.17, 15) is 91.4 Å². The first-order chi connectivity index (χ1) is 60.8. The summed E-state index contributed by atoms with van der Waals surface area (Å²) < 4.78 is 0. The number of nitrogens with one attached hydrogen (secondary N) is 20. The largest absolute Gasteiger partial charge is 0.481 e. The number of unbranched alkanes of at least 4 members (excludes halogenated alkanes) is 1. The molecule has 2 aromatic carbocycles. The molecule has 18 atom stereocenters. The number of carbonyl (C=O) groups excluding carboxylic acids is 17. The van der Waals surface area contributed by atoms with Gasteiger partial charge in [-0.2, -0.15) is 0 Å². The van der Waals surface area contributed by atoms with Crippen molar-refractivity contribution in [3.63, 3.8) is 0 Å². The number of hydrogen-bond donors (Lipinski definition) is 26. The van der Waals surface area contributed by atoms with E-state index in [0.717, 1.165) is 0 Å². The van der Waals surface area contributed by atoms with Crippen molar-refractivity contribution in [1.29, 1.82) is 10.8 Å². The molecule has 3 saturated carbocycles. The molecule has 17 amide bonds. The Balaban J connectivity index is 1.06. The van der Waals surface area contributed by atoms with E-state index in [4.69, 9.17) is 39.5 Å². The van der Waals surface area contributed by atoms with Gasteiger partial charge in [-0.3, -0.25) is 97.1 Å². The molecule has 4 aliphatic rings. The minimum atomic E-state index is -1.87. The Morgan fingerprint density at radius 1 is 0.414 bits per heavy atom. The Hall–Kier alpha value is -12.6. The lowest BCUT2D eigenvalue weighted by molar-refractivity contribution is -0.141. The number of rotatable bonds is 53. The van der Waals surface area contributed by atoms with Crippen LogP contribution in [0.4, 0.5) is 0 Å². The molecule has 1 saturated heterocycles. The highest BCUT2D eigenvalue weighted by Gasteiger charge is 2.44. The van der Waals surface area contributed by atoms with Gasteiger partial charge in [0.1, 0.15) is 54.4 Å². The summed E-state index contributed by atoms with van der Waals surface area (Å²) >= 11 is 0. The number of carboxylic acids is 1. The standard InChI is InChI=1S/C84H131N25O19/c1-44(2)35-61(108-75(121)53-25-16-28-56(53)102-78(124)60(31-18-34-94-84(90)91)106-73(119)51-23-14-27-55(51)101-71(117)45(3)96-76(122)54-41-92-42-65(54)98-47(5)110)80(126)103-57-29-15-24-52(57)74(120)105-59(26-12-13-32-85)77(123)99-50(36-48-19-8-6-9-20-48)38-67(112)95-43-68(113)100-64(40-69(114)115)79(125)97-46(4)72(118)107-62(37-49-21-10-7-11-22-49)81(127)109-63(39-66(86)111)82(128)104-58(70(87)116)30-17-33-93-83(88)89/h6-11,19-22,44-46,50-65,92H,12-18,23-43,85H2,1-5H3,(H2,86,111)(H2,87,116)(H,95,112)(H,96,122)(H,97,125)(H,98,110)(H,99,123)(H,100,113)(H,101,117)(H,102,124)(H,103,126)(H,104,128)(H,105,120)(H,106,119)(H,107,118)(H,108,121)(H,109,127)(H,114,115)(H4,88,89,93)(H4,90,91,94)/t45-,46-,50-,51-,52-,53-,54-,55-,56-,57-,58-,59-,60-,61-,62-,63-,64-,65-/m0/s1. The third-order valence-electron chi connectivity index (χ3n) is 22.7. The third kappa shape index (κ3) is 36.0. The highest BCUT2D eigenvalue weighted by atomic mass is 16.4. The summed E-state index contributed by atoms with van der Waals surface area (Å²) in [5.74, 6) is -18.2. The summed E-state index contributed by atoms with van der Waals surface area (Å²) in [4.78, 5) is 245. The normalized spacial score (nSPS) is 20.3. The zero-order chi connectivity index (χ0) is 94.3. The highest BCUT2D eigenvalue weighted by molar-refractivity contribution is 6.00. The lowest BCUT2D eigenvalue weighted by Gasteiger charge is -2.29. The highest BCUT2D eigenvalue weighted by Crippen LogP contribution is 2.30. The molecule has 0 aromatic heterocycles. The van der Waals surface area contributed by atoms with Gasteiger partial charge in [-0.25, -0.2) is 0 Å². The molecule has 0 radical (unpaired) electrons. The average Bonchev–Trinajstić information content (AvgIpc) is 1.81. The van der Waals surface area contributed by atoms with Crippen LogP contribution < -0.4 is 124 Å². The molecule has 1 heterocycles.